The monoisotopic (exact) mass is 539 g/mol. The fraction of sp³-hybridized carbons (Fsp3) is 0.808. The number of ether oxygens (including phenoxy) is 3. The normalized spacial score (nSPS) is 32.3. The molecule has 38 heavy (non-hydrogen) atoms. The summed E-state index contributed by atoms with van der Waals surface area (Å²) in [5, 5.41) is 12.8. The van der Waals surface area contributed by atoms with Gasteiger partial charge in [-0.25, -0.2) is 0 Å². The molecule has 6 atom stereocenters. The minimum Gasteiger partial charge on any atom is -0.391 e. The second kappa shape index (κ2) is 14.1. The number of nitrogens with one attached hydrogen (secondary N) is 1. The summed E-state index contributed by atoms with van der Waals surface area (Å²) in [7, 11) is 0. The molecule has 0 saturated carbocycles. The molecule has 3 saturated heterocycles. The van der Waals surface area contributed by atoms with Crippen LogP contribution in [0.1, 0.15) is 52.9 Å². The Morgan fingerprint density at radius 1 is 0.947 bits per heavy atom. The molecule has 0 unspecified atom stereocenters. The van der Waals surface area contributed by atoms with Crippen molar-refractivity contribution in [3.8, 4) is 0 Å². The maximum absolute atomic E-state index is 13.6. The number of nitrogens with zero attached hydrogens (tertiary/aromatic N) is 2. The highest BCUT2D eigenvalue weighted by Gasteiger charge is 2.44. The molecule has 0 spiro atoms. The van der Waals surface area contributed by atoms with Gasteiger partial charge in [-0.15, -0.1) is 0 Å². The first-order valence-corrected chi connectivity index (χ1v) is 13.5. The first-order valence-electron chi connectivity index (χ1n) is 13.5. The summed E-state index contributed by atoms with van der Waals surface area (Å²) in [5.74, 6) is -2.46. The third-order valence-electron chi connectivity index (χ3n) is 7.52. The van der Waals surface area contributed by atoms with Gasteiger partial charge in [0.2, 0.25) is 17.7 Å². The van der Waals surface area contributed by atoms with E-state index < -0.39 is 48.1 Å². The maximum Gasteiger partial charge on any atom is 0.248 e. The van der Waals surface area contributed by atoms with Crippen molar-refractivity contribution in [1.29, 1.82) is 0 Å². The molecular formula is C26H41N3O9. The first kappa shape index (κ1) is 30.1. The number of carbonyl (C=O) groups excluding carboxylic acids is 5. The molecule has 214 valence electrons. The minimum atomic E-state index is -1.24. The third-order valence-corrected chi connectivity index (χ3v) is 7.52. The van der Waals surface area contributed by atoms with E-state index in [1.54, 1.807) is 6.92 Å². The number of aliphatic hydroxyl groups is 1. The van der Waals surface area contributed by atoms with Crippen LogP contribution in [0.25, 0.3) is 0 Å². The van der Waals surface area contributed by atoms with Crippen molar-refractivity contribution in [3.05, 3.63) is 0 Å². The molecule has 3 rings (SSSR count). The lowest BCUT2D eigenvalue weighted by atomic mass is 9.90. The summed E-state index contributed by atoms with van der Waals surface area (Å²) in [4.78, 5) is 68.1. The van der Waals surface area contributed by atoms with Crippen LogP contribution in [0.15, 0.2) is 0 Å². The van der Waals surface area contributed by atoms with Crippen LogP contribution in [0.3, 0.4) is 0 Å². The molecule has 2 N–H and O–H groups in total. The highest BCUT2D eigenvalue weighted by Crippen LogP contribution is 2.28. The van der Waals surface area contributed by atoms with Gasteiger partial charge in [-0.05, 0) is 46.5 Å². The number of hydrogen-bond acceptors (Lipinski definition) is 9. The van der Waals surface area contributed by atoms with Gasteiger partial charge in [-0.1, -0.05) is 0 Å². The fourth-order valence-corrected chi connectivity index (χ4v) is 5.41. The van der Waals surface area contributed by atoms with Crippen LogP contribution >= 0.6 is 0 Å². The predicted molar refractivity (Wildman–Crippen MR) is 134 cm³/mol. The molecule has 12 nitrogen and oxygen atoms in total. The van der Waals surface area contributed by atoms with Crippen molar-refractivity contribution in [2.45, 2.75) is 83.2 Å². The van der Waals surface area contributed by atoms with Gasteiger partial charge in [0.1, 0.15) is 24.5 Å². The summed E-state index contributed by atoms with van der Waals surface area (Å²) in [6.45, 7) is 5.71. The first-order chi connectivity index (χ1) is 18.1. The SMILES string of the molecule is CC(=O)[C@H]1CC(=O)[C@@H]2CCCN2C(=O)[C@@H]2CCCN2C(=O)[C@H]([C@@H](C)O)NC(=O)COCCOCCO[C@@H]1C. The zero-order valence-corrected chi connectivity index (χ0v) is 22.6. The number of aliphatic hydroxyl groups excluding tert-OH is 1. The van der Waals surface area contributed by atoms with E-state index in [1.807, 2.05) is 0 Å². The lowest BCUT2D eigenvalue weighted by Gasteiger charge is -2.34. The Bertz CT molecular complexity index is 880. The highest BCUT2D eigenvalue weighted by molar-refractivity contribution is 5.96. The van der Waals surface area contributed by atoms with Crippen LogP contribution in [0.4, 0.5) is 0 Å². The lowest BCUT2D eigenvalue weighted by molar-refractivity contribution is -0.149. The average Bonchev–Trinajstić information content (AvgIpc) is 3.55. The molecule has 12 heteroatoms. The van der Waals surface area contributed by atoms with E-state index in [2.05, 4.69) is 5.32 Å². The topological polar surface area (TPSA) is 152 Å². The molecule has 0 bridgehead atoms. The van der Waals surface area contributed by atoms with E-state index in [-0.39, 0.29) is 56.9 Å². The standard InChI is InChI=1S/C26H41N3O9/c1-16(30)19-14-22(32)20-6-4-8-28(20)25(34)21-7-5-9-29(21)26(35)24(17(2)31)27-23(33)15-37-11-10-36-12-13-38-18(19)3/h17-21,24,31H,4-15H2,1-3H3,(H,27,33)/t17-,18-,19-,20+,21+,24+/m1/s1. The molecule has 3 aliphatic heterocycles. The van der Waals surface area contributed by atoms with Gasteiger partial charge in [-0.3, -0.25) is 24.0 Å². The van der Waals surface area contributed by atoms with Gasteiger partial charge in [-0.2, -0.15) is 0 Å². The molecule has 0 aliphatic carbocycles. The average molecular weight is 540 g/mol. The number of carbonyl (C=O) groups is 5. The van der Waals surface area contributed by atoms with Crippen molar-refractivity contribution in [2.24, 2.45) is 5.92 Å². The molecule has 3 fully saturated rings. The third kappa shape index (κ3) is 7.58. The molecule has 0 aromatic carbocycles. The highest BCUT2D eigenvalue weighted by atomic mass is 16.5. The molecule has 3 aliphatic rings. The summed E-state index contributed by atoms with van der Waals surface area (Å²) in [5.41, 5.74) is 0. The second-order valence-corrected chi connectivity index (χ2v) is 10.3. The van der Waals surface area contributed by atoms with E-state index in [0.717, 1.165) is 0 Å². The largest absolute Gasteiger partial charge is 0.391 e. The Hall–Kier alpha value is -2.41. The summed E-state index contributed by atoms with van der Waals surface area (Å²) in [6.07, 6.45) is 0.392. The quantitative estimate of drug-likeness (QED) is 0.471. The molecule has 0 aromatic rings. The van der Waals surface area contributed by atoms with Crippen LogP contribution in [-0.2, 0) is 38.2 Å². The maximum atomic E-state index is 13.6. The van der Waals surface area contributed by atoms with Crippen LogP contribution < -0.4 is 5.32 Å². The van der Waals surface area contributed by atoms with Crippen LogP contribution in [0.2, 0.25) is 0 Å². The van der Waals surface area contributed by atoms with Gasteiger partial charge < -0.3 is 34.4 Å². The number of hydrogen-bond donors (Lipinski definition) is 2. The van der Waals surface area contributed by atoms with Crippen molar-refractivity contribution in [3.63, 3.8) is 0 Å². The van der Waals surface area contributed by atoms with Crippen molar-refractivity contribution >= 4 is 29.3 Å². The fourth-order valence-electron chi connectivity index (χ4n) is 5.41. The van der Waals surface area contributed by atoms with Gasteiger partial charge in [0.25, 0.3) is 0 Å². The number of amides is 3. The van der Waals surface area contributed by atoms with E-state index in [1.165, 1.54) is 23.6 Å². The Balaban J connectivity index is 1.83. The Morgan fingerprint density at radius 3 is 2.21 bits per heavy atom. The number of ketones is 2. The zero-order valence-electron chi connectivity index (χ0n) is 22.6. The van der Waals surface area contributed by atoms with E-state index in [4.69, 9.17) is 14.2 Å². The molecule has 0 aromatic heterocycles. The van der Waals surface area contributed by atoms with Crippen LogP contribution in [0, 0.1) is 5.92 Å². The predicted octanol–water partition coefficient (Wildman–Crippen LogP) is -0.550. The van der Waals surface area contributed by atoms with Crippen molar-refractivity contribution < 1.29 is 43.3 Å². The van der Waals surface area contributed by atoms with Crippen molar-refractivity contribution in [2.75, 3.05) is 46.1 Å². The van der Waals surface area contributed by atoms with Crippen molar-refractivity contribution in [1.82, 2.24) is 15.1 Å². The van der Waals surface area contributed by atoms with Crippen LogP contribution in [0.5, 0.6) is 0 Å². The Labute approximate surface area is 223 Å². The summed E-state index contributed by atoms with van der Waals surface area (Å²) < 4.78 is 16.5. The molecule has 3 amide bonds. The molecule has 0 radical (unpaired) electrons. The smallest absolute Gasteiger partial charge is 0.248 e. The lowest BCUT2D eigenvalue weighted by Crippen LogP contribution is -2.58. The molecular weight excluding hydrogens is 498 g/mol. The summed E-state index contributed by atoms with van der Waals surface area (Å²) in [6, 6.07) is -2.70. The summed E-state index contributed by atoms with van der Waals surface area (Å²) >= 11 is 0. The Morgan fingerprint density at radius 2 is 1.55 bits per heavy atom. The number of fused-ring (bicyclic) bond motifs is 2. The van der Waals surface area contributed by atoms with Crippen LogP contribution in [-0.4, -0.2) is 121 Å². The minimum absolute atomic E-state index is 0.0386. The van der Waals surface area contributed by atoms with Gasteiger partial charge in [0.05, 0.1) is 50.6 Å². The zero-order chi connectivity index (χ0) is 27.8. The van der Waals surface area contributed by atoms with E-state index >= 15 is 0 Å². The Kier molecular flexibility index (Phi) is 11.2. The van der Waals surface area contributed by atoms with E-state index in [0.29, 0.717) is 38.8 Å². The van der Waals surface area contributed by atoms with Gasteiger partial charge in [0, 0.05) is 19.5 Å². The van der Waals surface area contributed by atoms with Gasteiger partial charge >= 0.3 is 0 Å². The number of Topliss-reactive ketones (excluding diaryl/α,β-unsaturated/α-hetero) is 2. The number of rotatable bonds is 2. The second-order valence-electron chi connectivity index (χ2n) is 10.3. The molecule has 3 heterocycles. The van der Waals surface area contributed by atoms with E-state index in [9.17, 15) is 29.1 Å². The van der Waals surface area contributed by atoms with Gasteiger partial charge in [0.15, 0.2) is 5.78 Å².